The molecule has 0 heterocycles. The van der Waals surface area contributed by atoms with Gasteiger partial charge in [-0.1, -0.05) is 27.7 Å². The summed E-state index contributed by atoms with van der Waals surface area (Å²) in [6.07, 6.45) is 4.13. The van der Waals surface area contributed by atoms with E-state index in [0.717, 1.165) is 17.9 Å². The van der Waals surface area contributed by atoms with Gasteiger partial charge in [-0.2, -0.15) is 0 Å². The zero-order chi connectivity index (χ0) is 10.1. The molecule has 0 aromatic rings. The van der Waals surface area contributed by atoms with E-state index in [-0.39, 0.29) is 0 Å². The van der Waals surface area contributed by atoms with Crippen molar-refractivity contribution >= 4 is 0 Å². The van der Waals surface area contributed by atoms with E-state index in [1.165, 1.54) is 19.3 Å². The molecule has 3 atom stereocenters. The Bertz CT molecular complexity index is 165. The maximum Gasteiger partial charge on any atom is 0.00695 e. The smallest absolute Gasteiger partial charge is 0.00695 e. The fourth-order valence-corrected chi connectivity index (χ4v) is 2.74. The Morgan fingerprint density at radius 3 is 2.31 bits per heavy atom. The molecule has 1 rings (SSSR count). The monoisotopic (exact) mass is 183 g/mol. The molecule has 1 nitrogen and oxygen atoms in total. The molecule has 0 amide bonds. The van der Waals surface area contributed by atoms with Crippen molar-refractivity contribution in [3.63, 3.8) is 0 Å². The van der Waals surface area contributed by atoms with Crippen LogP contribution in [0.25, 0.3) is 0 Å². The van der Waals surface area contributed by atoms with Crippen LogP contribution < -0.4 is 5.32 Å². The molecule has 1 fully saturated rings. The maximum atomic E-state index is 3.41. The topological polar surface area (TPSA) is 12.0 Å². The molecule has 0 bridgehead atoms. The molecule has 3 unspecified atom stereocenters. The van der Waals surface area contributed by atoms with Crippen LogP contribution in [-0.4, -0.2) is 13.1 Å². The second-order valence-corrected chi connectivity index (χ2v) is 5.42. The van der Waals surface area contributed by atoms with Crippen LogP contribution in [0.4, 0.5) is 0 Å². The average Bonchev–Trinajstić information content (AvgIpc) is 2.47. The minimum atomic E-state index is 0.585. The van der Waals surface area contributed by atoms with E-state index in [4.69, 9.17) is 0 Å². The van der Waals surface area contributed by atoms with Crippen molar-refractivity contribution < 1.29 is 0 Å². The normalized spacial score (nSPS) is 36.9. The predicted octanol–water partition coefficient (Wildman–Crippen LogP) is 3.06. The van der Waals surface area contributed by atoms with E-state index < -0.39 is 0 Å². The van der Waals surface area contributed by atoms with Crippen LogP contribution in [0.3, 0.4) is 0 Å². The van der Waals surface area contributed by atoms with E-state index in [2.05, 4.69) is 40.1 Å². The Morgan fingerprint density at radius 1 is 1.31 bits per heavy atom. The molecule has 1 heteroatoms. The minimum absolute atomic E-state index is 0.585. The molecule has 1 N–H and O–H groups in total. The van der Waals surface area contributed by atoms with Crippen LogP contribution in [-0.2, 0) is 0 Å². The molecule has 1 saturated carbocycles. The van der Waals surface area contributed by atoms with Gasteiger partial charge in [-0.15, -0.1) is 0 Å². The molecular weight excluding hydrogens is 158 g/mol. The first-order valence-electron chi connectivity index (χ1n) is 5.67. The van der Waals surface area contributed by atoms with Gasteiger partial charge in [0, 0.05) is 6.04 Å². The first kappa shape index (κ1) is 11.0. The van der Waals surface area contributed by atoms with Gasteiger partial charge in [-0.25, -0.2) is 0 Å². The van der Waals surface area contributed by atoms with E-state index in [0.29, 0.717) is 5.41 Å². The number of hydrogen-bond acceptors (Lipinski definition) is 1. The third kappa shape index (κ3) is 2.25. The molecule has 1 aliphatic carbocycles. The summed E-state index contributed by atoms with van der Waals surface area (Å²) in [4.78, 5) is 0. The number of rotatable bonds is 3. The quantitative estimate of drug-likeness (QED) is 0.709. The summed E-state index contributed by atoms with van der Waals surface area (Å²) in [5, 5.41) is 3.41. The molecule has 0 aromatic heterocycles. The largest absolute Gasteiger partial charge is 0.317 e. The first-order chi connectivity index (χ1) is 5.99. The Kier molecular flexibility index (Phi) is 3.39. The Labute approximate surface area is 83.3 Å². The van der Waals surface area contributed by atoms with Crippen molar-refractivity contribution in [3.8, 4) is 0 Å². The molecule has 13 heavy (non-hydrogen) atoms. The summed E-state index contributed by atoms with van der Waals surface area (Å²) in [6.45, 7) is 9.59. The van der Waals surface area contributed by atoms with E-state index in [1.54, 1.807) is 0 Å². The lowest BCUT2D eigenvalue weighted by Crippen LogP contribution is -2.29. The molecule has 0 spiro atoms. The average molecular weight is 183 g/mol. The zero-order valence-corrected chi connectivity index (χ0v) is 9.85. The molecule has 0 aliphatic heterocycles. The molecule has 0 radical (unpaired) electrons. The van der Waals surface area contributed by atoms with Crippen LogP contribution in [0.2, 0.25) is 0 Å². The second kappa shape index (κ2) is 4.00. The molecule has 1 aliphatic rings. The highest BCUT2D eigenvalue weighted by Crippen LogP contribution is 2.46. The van der Waals surface area contributed by atoms with Gasteiger partial charge in [0.25, 0.3) is 0 Å². The van der Waals surface area contributed by atoms with Gasteiger partial charge in [-0.3, -0.25) is 0 Å². The van der Waals surface area contributed by atoms with Gasteiger partial charge in [-0.05, 0) is 43.6 Å². The van der Waals surface area contributed by atoms with Crippen LogP contribution in [0, 0.1) is 17.3 Å². The number of hydrogen-bond donors (Lipinski definition) is 1. The van der Waals surface area contributed by atoms with Gasteiger partial charge < -0.3 is 5.32 Å². The molecular formula is C12H25N. The summed E-state index contributed by atoms with van der Waals surface area (Å²) in [5.74, 6) is 1.67. The SMILES string of the molecule is CNC1CCC(C)(C(C)C(C)C)C1. The highest BCUT2D eigenvalue weighted by Gasteiger charge is 2.39. The summed E-state index contributed by atoms with van der Waals surface area (Å²) in [7, 11) is 2.09. The summed E-state index contributed by atoms with van der Waals surface area (Å²) in [6, 6.07) is 0.770. The van der Waals surface area contributed by atoms with Crippen LogP contribution in [0.1, 0.15) is 47.0 Å². The Hall–Kier alpha value is -0.0400. The first-order valence-corrected chi connectivity index (χ1v) is 5.67. The zero-order valence-electron chi connectivity index (χ0n) is 9.85. The van der Waals surface area contributed by atoms with Crippen LogP contribution in [0.15, 0.2) is 0 Å². The number of nitrogens with one attached hydrogen (secondary N) is 1. The maximum absolute atomic E-state index is 3.41. The van der Waals surface area contributed by atoms with Crippen LogP contribution >= 0.6 is 0 Å². The van der Waals surface area contributed by atoms with Gasteiger partial charge in [0.05, 0.1) is 0 Å². The van der Waals surface area contributed by atoms with Crippen molar-refractivity contribution in [2.45, 2.75) is 53.0 Å². The highest BCUT2D eigenvalue weighted by molar-refractivity contribution is 4.92. The Morgan fingerprint density at radius 2 is 1.92 bits per heavy atom. The Balaban J connectivity index is 2.58. The highest BCUT2D eigenvalue weighted by atomic mass is 14.9. The standard InChI is InChI=1S/C12H25N/c1-9(2)10(3)12(4)7-6-11(8-12)13-5/h9-11,13H,6-8H2,1-5H3. The second-order valence-electron chi connectivity index (χ2n) is 5.42. The van der Waals surface area contributed by atoms with Crippen molar-refractivity contribution in [1.29, 1.82) is 0 Å². The van der Waals surface area contributed by atoms with Gasteiger partial charge >= 0.3 is 0 Å². The fourth-order valence-electron chi connectivity index (χ4n) is 2.74. The summed E-state index contributed by atoms with van der Waals surface area (Å²) < 4.78 is 0. The fraction of sp³-hybridized carbons (Fsp3) is 1.00. The van der Waals surface area contributed by atoms with Gasteiger partial charge in [0.15, 0.2) is 0 Å². The lowest BCUT2D eigenvalue weighted by molar-refractivity contribution is 0.155. The summed E-state index contributed by atoms with van der Waals surface area (Å²) in [5.41, 5.74) is 0.585. The van der Waals surface area contributed by atoms with Gasteiger partial charge in [0.1, 0.15) is 0 Å². The van der Waals surface area contributed by atoms with Crippen LogP contribution in [0.5, 0.6) is 0 Å². The van der Waals surface area contributed by atoms with E-state index in [9.17, 15) is 0 Å². The van der Waals surface area contributed by atoms with E-state index in [1.807, 2.05) is 0 Å². The molecule has 0 saturated heterocycles. The lowest BCUT2D eigenvalue weighted by Gasteiger charge is -2.34. The van der Waals surface area contributed by atoms with Crippen molar-refractivity contribution in [2.24, 2.45) is 17.3 Å². The summed E-state index contributed by atoms with van der Waals surface area (Å²) >= 11 is 0. The molecule has 0 aromatic carbocycles. The van der Waals surface area contributed by atoms with Gasteiger partial charge in [0.2, 0.25) is 0 Å². The molecule has 78 valence electrons. The minimum Gasteiger partial charge on any atom is -0.317 e. The third-order valence-corrected chi connectivity index (χ3v) is 4.28. The van der Waals surface area contributed by atoms with E-state index >= 15 is 0 Å². The lowest BCUT2D eigenvalue weighted by atomic mass is 9.71. The predicted molar refractivity (Wildman–Crippen MR) is 58.8 cm³/mol. The van der Waals surface area contributed by atoms with Crippen molar-refractivity contribution in [2.75, 3.05) is 7.05 Å². The van der Waals surface area contributed by atoms with Crippen molar-refractivity contribution in [3.05, 3.63) is 0 Å². The third-order valence-electron chi connectivity index (χ3n) is 4.28. The van der Waals surface area contributed by atoms with Crippen molar-refractivity contribution in [1.82, 2.24) is 5.32 Å².